The van der Waals surface area contributed by atoms with Gasteiger partial charge in [-0.1, -0.05) is 15.9 Å². The first-order valence-electron chi connectivity index (χ1n) is 7.05. The Morgan fingerprint density at radius 1 is 1.33 bits per heavy atom. The van der Waals surface area contributed by atoms with Crippen LogP contribution in [0.25, 0.3) is 0 Å². The van der Waals surface area contributed by atoms with E-state index in [1.165, 1.54) is 0 Å². The number of hydrogen-bond donors (Lipinski definition) is 2. The Bertz CT molecular complexity index is 583. The van der Waals surface area contributed by atoms with Crippen LogP contribution in [0.5, 0.6) is 5.75 Å². The van der Waals surface area contributed by atoms with Gasteiger partial charge in [-0.2, -0.15) is 0 Å². The van der Waals surface area contributed by atoms with Gasteiger partial charge in [0.1, 0.15) is 10.6 Å². The van der Waals surface area contributed by atoms with Crippen LogP contribution in [-0.4, -0.2) is 32.3 Å². The molecule has 1 aliphatic rings. The zero-order chi connectivity index (χ0) is 15.5. The molecule has 0 aliphatic heterocycles. The Morgan fingerprint density at radius 2 is 2.00 bits per heavy atom. The van der Waals surface area contributed by atoms with Gasteiger partial charge in [-0.3, -0.25) is 0 Å². The fraction of sp³-hybridized carbons (Fsp3) is 0.571. The number of rotatable bonds is 5. The van der Waals surface area contributed by atoms with Crippen molar-refractivity contribution in [3.63, 3.8) is 0 Å². The molecule has 0 atom stereocenters. The van der Waals surface area contributed by atoms with Crippen LogP contribution in [-0.2, 0) is 10.0 Å². The number of hydrogen-bond acceptors (Lipinski definition) is 4. The molecule has 1 aromatic rings. The molecule has 2 rings (SSSR count). The van der Waals surface area contributed by atoms with Gasteiger partial charge in [0.25, 0.3) is 0 Å². The molecule has 0 radical (unpaired) electrons. The molecule has 0 aromatic heterocycles. The van der Waals surface area contributed by atoms with Crippen molar-refractivity contribution in [3.05, 3.63) is 22.7 Å². The normalized spacial score (nSPS) is 23.0. The summed E-state index contributed by atoms with van der Waals surface area (Å²) in [6.07, 6.45) is 2.25. The zero-order valence-electron chi connectivity index (χ0n) is 11.9. The predicted octanol–water partition coefficient (Wildman–Crippen LogP) is 2.43. The molecule has 0 amide bonds. The number of aliphatic hydroxyl groups excluding tert-OH is 1. The van der Waals surface area contributed by atoms with E-state index in [9.17, 15) is 13.5 Å². The Morgan fingerprint density at radius 3 is 2.62 bits per heavy atom. The molecule has 0 spiro atoms. The number of ether oxygens (including phenoxy) is 1. The van der Waals surface area contributed by atoms with Crippen LogP contribution in [0.4, 0.5) is 0 Å². The minimum absolute atomic E-state index is 0.133. The molecule has 5 nitrogen and oxygen atoms in total. The third kappa shape index (κ3) is 4.42. The van der Waals surface area contributed by atoms with Crippen molar-refractivity contribution >= 4 is 26.0 Å². The smallest absolute Gasteiger partial charge is 0.244 e. The summed E-state index contributed by atoms with van der Waals surface area (Å²) in [5, 5.41) is 9.49. The van der Waals surface area contributed by atoms with Gasteiger partial charge in [0.05, 0.1) is 12.7 Å². The SMILES string of the molecule is CCOc1ccc(Br)cc1S(=O)(=O)NC1CCC(O)CC1. The fourth-order valence-electron chi connectivity index (χ4n) is 2.44. The van der Waals surface area contributed by atoms with E-state index in [-0.39, 0.29) is 17.0 Å². The van der Waals surface area contributed by atoms with Gasteiger partial charge in [-0.25, -0.2) is 13.1 Å². The first-order chi connectivity index (χ1) is 9.92. The Labute approximate surface area is 133 Å². The van der Waals surface area contributed by atoms with Crippen molar-refractivity contribution < 1.29 is 18.3 Å². The molecular weight excluding hydrogens is 358 g/mol. The average molecular weight is 378 g/mol. The Hall–Kier alpha value is -0.630. The summed E-state index contributed by atoms with van der Waals surface area (Å²) >= 11 is 3.29. The first-order valence-corrected chi connectivity index (χ1v) is 9.32. The summed E-state index contributed by atoms with van der Waals surface area (Å²) in [5.74, 6) is 0.351. The number of sulfonamides is 1. The molecule has 21 heavy (non-hydrogen) atoms. The predicted molar refractivity (Wildman–Crippen MR) is 83.9 cm³/mol. The first kappa shape index (κ1) is 16.7. The molecule has 0 heterocycles. The van der Waals surface area contributed by atoms with Gasteiger partial charge in [-0.15, -0.1) is 0 Å². The van der Waals surface area contributed by atoms with Crippen molar-refractivity contribution in [2.75, 3.05) is 6.61 Å². The van der Waals surface area contributed by atoms with Gasteiger partial charge in [0, 0.05) is 10.5 Å². The van der Waals surface area contributed by atoms with Gasteiger partial charge in [0.15, 0.2) is 0 Å². The zero-order valence-corrected chi connectivity index (χ0v) is 14.3. The maximum atomic E-state index is 12.6. The summed E-state index contributed by atoms with van der Waals surface area (Å²) < 4.78 is 33.9. The van der Waals surface area contributed by atoms with Crippen LogP contribution in [0.2, 0.25) is 0 Å². The molecule has 1 aromatic carbocycles. The lowest BCUT2D eigenvalue weighted by Gasteiger charge is -2.26. The van der Waals surface area contributed by atoms with Gasteiger partial charge in [-0.05, 0) is 50.8 Å². The third-order valence-corrected chi connectivity index (χ3v) is 5.55. The van der Waals surface area contributed by atoms with Crippen LogP contribution < -0.4 is 9.46 Å². The van der Waals surface area contributed by atoms with E-state index in [1.54, 1.807) is 18.2 Å². The van der Waals surface area contributed by atoms with Gasteiger partial charge < -0.3 is 9.84 Å². The van der Waals surface area contributed by atoms with Gasteiger partial charge in [0.2, 0.25) is 10.0 Å². The summed E-state index contributed by atoms with van der Waals surface area (Å²) in [4.78, 5) is 0.143. The highest BCUT2D eigenvalue weighted by molar-refractivity contribution is 9.10. The van der Waals surface area contributed by atoms with E-state index >= 15 is 0 Å². The largest absolute Gasteiger partial charge is 0.492 e. The molecule has 118 valence electrons. The topological polar surface area (TPSA) is 75.6 Å². The molecule has 0 saturated heterocycles. The van der Waals surface area contributed by atoms with Crippen molar-refractivity contribution in [1.82, 2.24) is 4.72 Å². The number of halogens is 1. The maximum absolute atomic E-state index is 12.6. The minimum Gasteiger partial charge on any atom is -0.492 e. The summed E-state index contributed by atoms with van der Waals surface area (Å²) in [5.41, 5.74) is 0. The van der Waals surface area contributed by atoms with E-state index < -0.39 is 10.0 Å². The maximum Gasteiger partial charge on any atom is 0.244 e. The van der Waals surface area contributed by atoms with E-state index in [0.717, 1.165) is 0 Å². The molecule has 1 fully saturated rings. The van der Waals surface area contributed by atoms with E-state index in [2.05, 4.69) is 20.7 Å². The third-order valence-electron chi connectivity index (χ3n) is 3.51. The van der Waals surface area contributed by atoms with Crippen molar-refractivity contribution in [2.45, 2.75) is 49.6 Å². The molecule has 1 saturated carbocycles. The second kappa shape index (κ2) is 7.09. The van der Waals surface area contributed by atoms with E-state index in [1.807, 2.05) is 6.92 Å². The molecule has 1 aliphatic carbocycles. The monoisotopic (exact) mass is 377 g/mol. The highest BCUT2D eigenvalue weighted by Crippen LogP contribution is 2.29. The van der Waals surface area contributed by atoms with Crippen LogP contribution >= 0.6 is 15.9 Å². The van der Waals surface area contributed by atoms with Crippen LogP contribution in [0.3, 0.4) is 0 Å². The van der Waals surface area contributed by atoms with E-state index in [0.29, 0.717) is 42.5 Å². The second-order valence-electron chi connectivity index (χ2n) is 5.15. The van der Waals surface area contributed by atoms with Crippen molar-refractivity contribution in [1.29, 1.82) is 0 Å². The summed E-state index contributed by atoms with van der Waals surface area (Å²) in [6.45, 7) is 2.22. The molecule has 0 bridgehead atoms. The molecule has 2 N–H and O–H groups in total. The van der Waals surface area contributed by atoms with Gasteiger partial charge >= 0.3 is 0 Å². The minimum atomic E-state index is -3.64. The van der Waals surface area contributed by atoms with Crippen LogP contribution in [0, 0.1) is 0 Å². The quantitative estimate of drug-likeness (QED) is 0.825. The lowest BCUT2D eigenvalue weighted by Crippen LogP contribution is -2.38. The summed E-state index contributed by atoms with van der Waals surface area (Å²) in [7, 11) is -3.64. The highest BCUT2D eigenvalue weighted by atomic mass is 79.9. The number of benzene rings is 1. The fourth-order valence-corrected chi connectivity index (χ4v) is 4.43. The lowest BCUT2D eigenvalue weighted by molar-refractivity contribution is 0.120. The standard InChI is InChI=1S/C14H20BrNO4S/c1-2-20-13-8-3-10(15)9-14(13)21(18,19)16-11-4-6-12(17)7-5-11/h3,8-9,11-12,16-17H,2,4-7H2,1H3. The van der Waals surface area contributed by atoms with E-state index in [4.69, 9.17) is 4.74 Å². The van der Waals surface area contributed by atoms with Crippen molar-refractivity contribution in [3.8, 4) is 5.75 Å². The lowest BCUT2D eigenvalue weighted by atomic mass is 9.94. The van der Waals surface area contributed by atoms with Crippen LogP contribution in [0.1, 0.15) is 32.6 Å². The number of nitrogens with one attached hydrogen (secondary N) is 1. The second-order valence-corrected chi connectivity index (χ2v) is 7.75. The highest BCUT2D eigenvalue weighted by Gasteiger charge is 2.27. The molecular formula is C14H20BrNO4S. The van der Waals surface area contributed by atoms with Crippen molar-refractivity contribution in [2.24, 2.45) is 0 Å². The number of aliphatic hydroxyl groups is 1. The van der Waals surface area contributed by atoms with Crippen LogP contribution in [0.15, 0.2) is 27.6 Å². The molecule has 7 heteroatoms. The summed E-state index contributed by atoms with van der Waals surface area (Å²) in [6, 6.07) is 4.81. The average Bonchev–Trinajstić information content (AvgIpc) is 2.43. The Kier molecular flexibility index (Phi) is 5.65. The molecule has 0 unspecified atom stereocenters. The Balaban J connectivity index is 2.20.